The number of morpholine rings is 1. The van der Waals surface area contributed by atoms with Crippen molar-refractivity contribution in [1.29, 1.82) is 0 Å². The second kappa shape index (κ2) is 9.93. The highest BCUT2D eigenvalue weighted by Crippen LogP contribution is 2.31. The fourth-order valence-electron chi connectivity index (χ4n) is 4.44. The van der Waals surface area contributed by atoms with Crippen LogP contribution in [0.25, 0.3) is 0 Å². The largest absolute Gasteiger partial charge is 0.389 e. The zero-order valence-corrected chi connectivity index (χ0v) is 18.3. The molecule has 0 aromatic heterocycles. The first-order chi connectivity index (χ1) is 14.9. The van der Waals surface area contributed by atoms with Gasteiger partial charge in [-0.2, -0.15) is 4.31 Å². The highest BCUT2D eigenvalue weighted by molar-refractivity contribution is 7.89. The number of nitrogens with zero attached hydrogens (tertiary/aromatic N) is 2. The minimum Gasteiger partial charge on any atom is -0.389 e. The number of carbonyl (C=O) groups excluding carboxylic acids is 1. The molecule has 1 amide bonds. The van der Waals surface area contributed by atoms with E-state index in [1.54, 1.807) is 35.2 Å². The molecule has 0 aliphatic carbocycles. The predicted octanol–water partition coefficient (Wildman–Crippen LogP) is 0.234. The van der Waals surface area contributed by atoms with Crippen molar-refractivity contribution >= 4 is 15.9 Å². The average Bonchev–Trinajstić information content (AvgIpc) is 2.78. The van der Waals surface area contributed by atoms with E-state index < -0.39 is 28.3 Å². The third kappa shape index (κ3) is 5.27. The van der Waals surface area contributed by atoms with Crippen molar-refractivity contribution in [2.45, 2.75) is 48.5 Å². The summed E-state index contributed by atoms with van der Waals surface area (Å²) in [5.74, 6) is 0.0303. The first-order valence-electron chi connectivity index (χ1n) is 10.8. The van der Waals surface area contributed by atoms with Crippen molar-refractivity contribution in [3.05, 3.63) is 30.3 Å². The summed E-state index contributed by atoms with van der Waals surface area (Å²) >= 11 is 0. The average molecular weight is 455 g/mol. The summed E-state index contributed by atoms with van der Waals surface area (Å²) in [6.07, 6.45) is -0.340. The molecule has 1 N–H and O–H groups in total. The molecule has 172 valence electrons. The van der Waals surface area contributed by atoms with E-state index in [0.29, 0.717) is 39.1 Å². The Balaban J connectivity index is 1.49. The van der Waals surface area contributed by atoms with Crippen molar-refractivity contribution in [2.75, 3.05) is 46.1 Å². The molecule has 0 unspecified atom stereocenters. The van der Waals surface area contributed by atoms with E-state index in [2.05, 4.69) is 0 Å². The Bertz CT molecular complexity index is 845. The second-order valence-electron chi connectivity index (χ2n) is 8.22. The Morgan fingerprint density at radius 1 is 1.06 bits per heavy atom. The van der Waals surface area contributed by atoms with Crippen LogP contribution in [0, 0.1) is 0 Å². The van der Waals surface area contributed by atoms with Crippen LogP contribution in [0.3, 0.4) is 0 Å². The van der Waals surface area contributed by atoms with Gasteiger partial charge in [0, 0.05) is 19.6 Å². The number of aliphatic hydroxyl groups excluding tert-OH is 1. The lowest BCUT2D eigenvalue weighted by Crippen LogP contribution is -2.57. The Kier molecular flexibility index (Phi) is 7.25. The van der Waals surface area contributed by atoms with Crippen molar-refractivity contribution in [3.63, 3.8) is 0 Å². The van der Waals surface area contributed by atoms with Gasteiger partial charge in [-0.15, -0.1) is 0 Å². The third-order valence-electron chi connectivity index (χ3n) is 6.05. The first kappa shape index (κ1) is 22.6. The van der Waals surface area contributed by atoms with Crippen LogP contribution < -0.4 is 0 Å². The lowest BCUT2D eigenvalue weighted by Gasteiger charge is -2.43. The lowest BCUT2D eigenvalue weighted by atomic mass is 9.96. The van der Waals surface area contributed by atoms with E-state index in [0.717, 1.165) is 0 Å². The molecule has 3 heterocycles. The van der Waals surface area contributed by atoms with E-state index >= 15 is 0 Å². The Labute approximate surface area is 182 Å². The van der Waals surface area contributed by atoms with Crippen LogP contribution in [0.1, 0.15) is 19.3 Å². The number of sulfonamides is 1. The minimum absolute atomic E-state index is 0.0303. The summed E-state index contributed by atoms with van der Waals surface area (Å²) < 4.78 is 45.2. The monoisotopic (exact) mass is 454 g/mol. The van der Waals surface area contributed by atoms with Gasteiger partial charge >= 0.3 is 0 Å². The normalized spacial score (nSPS) is 30.8. The van der Waals surface area contributed by atoms with Crippen LogP contribution in [0.5, 0.6) is 0 Å². The van der Waals surface area contributed by atoms with Crippen LogP contribution in [-0.4, -0.2) is 99.1 Å². The molecule has 3 fully saturated rings. The Morgan fingerprint density at radius 3 is 2.55 bits per heavy atom. The van der Waals surface area contributed by atoms with Gasteiger partial charge in [-0.1, -0.05) is 18.2 Å². The number of β-amino-alcohol motifs (C(OH)–C–C–N with tert-alkyl or cyclic N) is 1. The molecule has 10 heteroatoms. The third-order valence-corrected chi connectivity index (χ3v) is 7.95. The van der Waals surface area contributed by atoms with E-state index in [1.165, 1.54) is 4.31 Å². The van der Waals surface area contributed by atoms with Crippen molar-refractivity contribution in [3.8, 4) is 0 Å². The lowest BCUT2D eigenvalue weighted by molar-refractivity contribution is -0.153. The first-order valence-corrected chi connectivity index (χ1v) is 12.2. The molecule has 31 heavy (non-hydrogen) atoms. The fourth-order valence-corrected chi connectivity index (χ4v) is 6.17. The summed E-state index contributed by atoms with van der Waals surface area (Å²) in [6.45, 7) is 2.41. The number of hydrogen-bond donors (Lipinski definition) is 1. The number of carbonyl (C=O) groups is 1. The summed E-state index contributed by atoms with van der Waals surface area (Å²) in [6, 6.07) is 7.77. The highest BCUT2D eigenvalue weighted by Gasteiger charge is 2.43. The van der Waals surface area contributed by atoms with Gasteiger partial charge in [0.1, 0.15) is 0 Å². The summed E-state index contributed by atoms with van der Waals surface area (Å²) in [4.78, 5) is 14.6. The van der Waals surface area contributed by atoms with Crippen molar-refractivity contribution in [1.82, 2.24) is 9.21 Å². The van der Waals surface area contributed by atoms with Gasteiger partial charge in [0.15, 0.2) is 0 Å². The predicted molar refractivity (Wildman–Crippen MR) is 111 cm³/mol. The van der Waals surface area contributed by atoms with Crippen LogP contribution in [0.2, 0.25) is 0 Å². The standard InChI is InChI=1S/C21H30N2O7S/c24-16-13-23(31(26,27)18-4-2-1-3-5-18)19-7-6-17(30-20(19)15-29-14-16)12-21(25)22-8-10-28-11-9-22/h1-5,16-17,19-20,24H,6-15H2/t16-,17+,19-,20+/m0/s1. The zero-order chi connectivity index (χ0) is 21.8. The van der Waals surface area contributed by atoms with Crippen molar-refractivity contribution < 1.29 is 32.5 Å². The Hall–Kier alpha value is -1.56. The molecule has 1 aromatic rings. The Morgan fingerprint density at radius 2 is 1.81 bits per heavy atom. The van der Waals surface area contributed by atoms with Crippen LogP contribution in [-0.2, 0) is 29.0 Å². The fraction of sp³-hybridized carbons (Fsp3) is 0.667. The summed E-state index contributed by atoms with van der Waals surface area (Å²) in [7, 11) is -3.81. The molecular weight excluding hydrogens is 424 g/mol. The molecule has 4 rings (SSSR count). The maximum atomic E-state index is 13.4. The molecule has 1 aromatic carbocycles. The van der Waals surface area contributed by atoms with Crippen molar-refractivity contribution in [2.24, 2.45) is 0 Å². The van der Waals surface area contributed by atoms with Gasteiger partial charge in [-0.05, 0) is 25.0 Å². The zero-order valence-electron chi connectivity index (χ0n) is 17.5. The number of benzene rings is 1. The molecule has 0 spiro atoms. The highest BCUT2D eigenvalue weighted by atomic mass is 32.2. The number of aliphatic hydroxyl groups is 1. The van der Waals surface area contributed by atoms with E-state index in [1.807, 2.05) is 0 Å². The van der Waals surface area contributed by atoms with Gasteiger partial charge in [0.05, 0.1) is 62.1 Å². The molecular formula is C21H30N2O7S. The summed E-state index contributed by atoms with van der Waals surface area (Å²) in [5, 5.41) is 10.3. The number of rotatable bonds is 4. The smallest absolute Gasteiger partial charge is 0.243 e. The molecule has 9 nitrogen and oxygen atoms in total. The van der Waals surface area contributed by atoms with E-state index in [-0.39, 0.29) is 43.1 Å². The molecule has 0 bridgehead atoms. The number of ether oxygens (including phenoxy) is 3. The number of hydrogen-bond acceptors (Lipinski definition) is 7. The molecule has 3 aliphatic rings. The number of amides is 1. The van der Waals surface area contributed by atoms with Gasteiger partial charge in [-0.3, -0.25) is 4.79 Å². The maximum absolute atomic E-state index is 13.4. The van der Waals surface area contributed by atoms with Crippen LogP contribution in [0.15, 0.2) is 35.2 Å². The molecule has 0 saturated carbocycles. The summed E-state index contributed by atoms with van der Waals surface area (Å²) in [5.41, 5.74) is 0. The molecule has 3 aliphatic heterocycles. The second-order valence-corrected chi connectivity index (χ2v) is 10.1. The van der Waals surface area contributed by atoms with Gasteiger partial charge in [0.2, 0.25) is 15.9 Å². The van der Waals surface area contributed by atoms with Crippen LogP contribution >= 0.6 is 0 Å². The van der Waals surface area contributed by atoms with Gasteiger partial charge < -0.3 is 24.2 Å². The quantitative estimate of drug-likeness (QED) is 0.694. The van der Waals surface area contributed by atoms with Crippen LogP contribution in [0.4, 0.5) is 0 Å². The van der Waals surface area contributed by atoms with Gasteiger partial charge in [0.25, 0.3) is 0 Å². The van der Waals surface area contributed by atoms with E-state index in [4.69, 9.17) is 14.2 Å². The topological polar surface area (TPSA) is 106 Å². The maximum Gasteiger partial charge on any atom is 0.243 e. The molecule has 4 atom stereocenters. The minimum atomic E-state index is -3.81. The van der Waals surface area contributed by atoms with Gasteiger partial charge in [-0.25, -0.2) is 8.42 Å². The molecule has 0 radical (unpaired) electrons. The molecule has 3 saturated heterocycles. The number of fused-ring (bicyclic) bond motifs is 1. The SMILES string of the molecule is O=C(C[C@H]1CC[C@H]2[C@@H](COC[C@@H](O)CN2S(=O)(=O)c2ccccc2)O1)N1CCOCC1. The van der Waals surface area contributed by atoms with E-state index in [9.17, 15) is 18.3 Å².